The fraction of sp³-hybridized carbons (Fsp3) is 0.326. The van der Waals surface area contributed by atoms with Crippen LogP contribution in [0.3, 0.4) is 0 Å². The fourth-order valence-electron chi connectivity index (χ4n) is 7.88. The van der Waals surface area contributed by atoms with E-state index in [4.69, 9.17) is 18.7 Å². The van der Waals surface area contributed by atoms with Crippen molar-refractivity contribution < 1.29 is 28.1 Å². The molecular formula is C46H50N7O6PS. The van der Waals surface area contributed by atoms with Gasteiger partial charge in [-0.25, -0.2) is 19.6 Å². The molecule has 0 radical (unpaired) electrons. The standard InChI is InChI=1S/C46H50N7O6PS/c1-32(2)53(33(3)4)60(55,58-27-15-26-47)61-40-28-41(52-31-50-42-43(48-30-49-44(42)52)51-45(54)34-16-9-6-10-17-34)59-39(40)29-57-46(35-18-11-7-12-19-35,36-20-13-8-14-21-36)37-22-24-38(56-5)25-23-37/h6-14,16-25,30-33,39-41H,15,27-29H2,1-5H3,(H,48,49,51,54)/t39-,40+,41-,60?/m1/s1. The lowest BCUT2D eigenvalue weighted by Crippen LogP contribution is -2.38. The van der Waals surface area contributed by atoms with Crippen LogP contribution < -0.4 is 10.1 Å². The van der Waals surface area contributed by atoms with Gasteiger partial charge in [0.2, 0.25) is 0 Å². The van der Waals surface area contributed by atoms with Gasteiger partial charge in [0.1, 0.15) is 23.9 Å². The lowest BCUT2D eigenvalue weighted by Gasteiger charge is -2.39. The second kappa shape index (κ2) is 19.5. The number of nitriles is 1. The summed E-state index contributed by atoms with van der Waals surface area (Å²) in [6, 6.07) is 38.7. The minimum Gasteiger partial charge on any atom is -0.497 e. The smallest absolute Gasteiger partial charge is 0.330 e. The Kier molecular flexibility index (Phi) is 14.0. The first-order valence-electron chi connectivity index (χ1n) is 20.3. The number of ether oxygens (including phenoxy) is 3. The highest BCUT2D eigenvalue weighted by Crippen LogP contribution is 2.68. The maximum atomic E-state index is 15.3. The molecule has 1 amide bonds. The Bertz CT molecular complexity index is 2420. The summed E-state index contributed by atoms with van der Waals surface area (Å²) in [7, 11) is 1.64. The molecule has 6 aromatic rings. The number of benzene rings is 4. The van der Waals surface area contributed by atoms with Crippen molar-refractivity contribution >= 4 is 41.0 Å². The Morgan fingerprint density at radius 2 is 1.52 bits per heavy atom. The minimum absolute atomic E-state index is 0.0119. The van der Waals surface area contributed by atoms with Crippen LogP contribution in [0.1, 0.15) is 73.8 Å². The molecule has 0 aliphatic carbocycles. The molecule has 4 atom stereocenters. The molecule has 4 aromatic carbocycles. The molecule has 1 N–H and O–H groups in total. The zero-order valence-corrected chi connectivity index (χ0v) is 36.5. The van der Waals surface area contributed by atoms with E-state index in [0.29, 0.717) is 28.9 Å². The van der Waals surface area contributed by atoms with Gasteiger partial charge in [-0.3, -0.25) is 13.9 Å². The summed E-state index contributed by atoms with van der Waals surface area (Å²) in [6.07, 6.45) is 2.21. The summed E-state index contributed by atoms with van der Waals surface area (Å²) in [6.45, 7) is 4.39. The van der Waals surface area contributed by atoms with Gasteiger partial charge in [0.05, 0.1) is 45.2 Å². The van der Waals surface area contributed by atoms with Crippen molar-refractivity contribution in [2.24, 2.45) is 0 Å². The topological polar surface area (TPSA) is 154 Å². The molecule has 1 unspecified atom stereocenters. The number of carbonyl (C=O) groups is 1. The third-order valence-corrected chi connectivity index (χ3v) is 16.0. The van der Waals surface area contributed by atoms with Crippen molar-refractivity contribution in [1.82, 2.24) is 24.2 Å². The van der Waals surface area contributed by atoms with E-state index in [2.05, 4.69) is 26.3 Å². The quantitative estimate of drug-likeness (QED) is 0.0497. The van der Waals surface area contributed by atoms with Crippen molar-refractivity contribution in [3.8, 4) is 11.8 Å². The van der Waals surface area contributed by atoms with Gasteiger partial charge in [0.25, 0.3) is 5.91 Å². The monoisotopic (exact) mass is 859 g/mol. The number of nitrogens with one attached hydrogen (secondary N) is 1. The third-order valence-electron chi connectivity index (χ3n) is 10.5. The van der Waals surface area contributed by atoms with Gasteiger partial charge < -0.3 is 24.1 Å². The molecule has 0 bridgehead atoms. The average molecular weight is 860 g/mol. The van der Waals surface area contributed by atoms with Gasteiger partial charge in [0, 0.05) is 29.3 Å². The van der Waals surface area contributed by atoms with Crippen LogP contribution in [0, 0.1) is 11.3 Å². The number of hydrogen-bond donors (Lipinski definition) is 1. The van der Waals surface area contributed by atoms with Gasteiger partial charge >= 0.3 is 6.72 Å². The van der Waals surface area contributed by atoms with Crippen LogP contribution in [-0.4, -0.2) is 73.9 Å². The summed E-state index contributed by atoms with van der Waals surface area (Å²) in [5, 5.41) is 11.9. The molecule has 2 aromatic heterocycles. The number of hydrogen-bond acceptors (Lipinski definition) is 11. The van der Waals surface area contributed by atoms with Crippen LogP contribution in [0.5, 0.6) is 5.75 Å². The molecule has 0 spiro atoms. The largest absolute Gasteiger partial charge is 0.497 e. The predicted octanol–water partition coefficient (Wildman–Crippen LogP) is 9.64. The van der Waals surface area contributed by atoms with E-state index in [9.17, 15) is 10.1 Å². The molecular weight excluding hydrogens is 810 g/mol. The molecule has 316 valence electrons. The number of rotatable bonds is 18. The number of methoxy groups -OCH3 is 1. The van der Waals surface area contributed by atoms with E-state index in [1.54, 1.807) is 37.7 Å². The number of carbonyl (C=O) groups excluding carboxylic acids is 1. The average Bonchev–Trinajstić information content (AvgIpc) is 3.89. The lowest BCUT2D eigenvalue weighted by atomic mass is 9.80. The Morgan fingerprint density at radius 1 is 0.918 bits per heavy atom. The van der Waals surface area contributed by atoms with Crippen LogP contribution >= 0.6 is 18.1 Å². The van der Waals surface area contributed by atoms with Crippen molar-refractivity contribution in [1.29, 1.82) is 5.26 Å². The molecule has 13 nitrogen and oxygen atoms in total. The number of aromatic nitrogens is 4. The first-order chi connectivity index (χ1) is 29.6. The molecule has 1 aliphatic rings. The maximum absolute atomic E-state index is 15.3. The zero-order chi connectivity index (χ0) is 43.0. The molecule has 1 aliphatic heterocycles. The van der Waals surface area contributed by atoms with E-state index in [-0.39, 0.29) is 43.4 Å². The lowest BCUT2D eigenvalue weighted by molar-refractivity contribution is -0.0747. The summed E-state index contributed by atoms with van der Waals surface area (Å²) in [4.78, 5) is 26.8. The van der Waals surface area contributed by atoms with Crippen LogP contribution in [0.15, 0.2) is 128 Å². The Morgan fingerprint density at radius 3 is 2.11 bits per heavy atom. The Labute approximate surface area is 360 Å². The third kappa shape index (κ3) is 9.43. The van der Waals surface area contributed by atoms with Crippen LogP contribution in [0.4, 0.5) is 5.82 Å². The van der Waals surface area contributed by atoms with Gasteiger partial charge in [-0.1, -0.05) is 91.0 Å². The van der Waals surface area contributed by atoms with Gasteiger partial charge in [-0.05, 0) is 80.0 Å². The van der Waals surface area contributed by atoms with E-state index in [1.807, 2.05) is 128 Å². The summed E-state index contributed by atoms with van der Waals surface area (Å²) in [5.74, 6) is 0.643. The number of amides is 1. The Hall–Kier alpha value is -5.39. The van der Waals surface area contributed by atoms with Crippen molar-refractivity contribution in [3.05, 3.63) is 150 Å². The number of anilines is 1. The van der Waals surface area contributed by atoms with Crippen molar-refractivity contribution in [2.75, 3.05) is 25.6 Å². The van der Waals surface area contributed by atoms with Crippen LogP contribution in [0.25, 0.3) is 11.2 Å². The highest BCUT2D eigenvalue weighted by Gasteiger charge is 2.48. The maximum Gasteiger partial charge on any atom is 0.330 e. The SMILES string of the molecule is COc1ccc(C(OC[C@H]2O[C@@H](n3cnc4c(NC(=O)c5ccccc5)ncnc43)C[C@@H]2SP(=O)(OCCC#N)N(C(C)C)C(C)C)(c2ccccc2)c2ccccc2)cc1. The first kappa shape index (κ1) is 43.7. The number of nitrogens with zero attached hydrogens (tertiary/aromatic N) is 6. The second-order valence-corrected chi connectivity index (χ2v) is 19.6. The van der Waals surface area contributed by atoms with Crippen molar-refractivity contribution in [3.63, 3.8) is 0 Å². The molecule has 1 fully saturated rings. The Balaban J connectivity index is 1.29. The van der Waals surface area contributed by atoms with E-state index in [0.717, 1.165) is 16.7 Å². The van der Waals surface area contributed by atoms with E-state index < -0.39 is 29.9 Å². The summed E-state index contributed by atoms with van der Waals surface area (Å²) >= 11 is 1.24. The van der Waals surface area contributed by atoms with Crippen LogP contribution in [0.2, 0.25) is 0 Å². The second-order valence-electron chi connectivity index (χ2n) is 15.1. The zero-order valence-electron chi connectivity index (χ0n) is 34.8. The molecule has 1 saturated heterocycles. The highest BCUT2D eigenvalue weighted by molar-refractivity contribution is 8.56. The fourth-order valence-corrected chi connectivity index (χ4v) is 14.1. The normalized spacial score (nSPS) is 17.7. The highest BCUT2D eigenvalue weighted by atomic mass is 32.7. The van der Waals surface area contributed by atoms with E-state index >= 15 is 4.57 Å². The molecule has 15 heteroatoms. The van der Waals surface area contributed by atoms with Gasteiger partial charge in [0.15, 0.2) is 17.0 Å². The summed E-state index contributed by atoms with van der Waals surface area (Å²) in [5.41, 5.74) is 2.92. The molecule has 3 heterocycles. The number of fused-ring (bicyclic) bond motifs is 1. The number of imidazole rings is 1. The predicted molar refractivity (Wildman–Crippen MR) is 237 cm³/mol. The van der Waals surface area contributed by atoms with E-state index in [1.165, 1.54) is 17.7 Å². The van der Waals surface area contributed by atoms with Crippen LogP contribution in [-0.2, 0) is 24.2 Å². The molecule has 61 heavy (non-hydrogen) atoms. The van der Waals surface area contributed by atoms with Crippen molar-refractivity contribution in [2.45, 2.75) is 75.8 Å². The summed E-state index contributed by atoms with van der Waals surface area (Å²) < 4.78 is 45.2. The first-order valence-corrected chi connectivity index (χ1v) is 23.3. The van der Waals surface area contributed by atoms with Gasteiger partial charge in [-0.15, -0.1) is 0 Å². The molecule has 0 saturated carbocycles. The molecule has 7 rings (SSSR count). The minimum atomic E-state index is -3.66. The van der Waals surface area contributed by atoms with Gasteiger partial charge in [-0.2, -0.15) is 5.26 Å².